The van der Waals surface area contributed by atoms with Crippen molar-refractivity contribution in [3.05, 3.63) is 99.5 Å². The van der Waals surface area contributed by atoms with Crippen LogP contribution in [-0.4, -0.2) is 120 Å². The number of carbonyl (C=O) groups excluding carboxylic acids is 2. The molecule has 0 saturated carbocycles. The maximum atomic E-state index is 18.0. The zero-order chi connectivity index (χ0) is 52.0. The van der Waals surface area contributed by atoms with E-state index < -0.39 is 40.4 Å². The van der Waals surface area contributed by atoms with Gasteiger partial charge in [0.1, 0.15) is 29.5 Å². The first-order chi connectivity index (χ1) is 34.8. The lowest BCUT2D eigenvalue weighted by Gasteiger charge is -2.42. The molecule has 0 N–H and O–H groups in total. The normalized spacial score (nSPS) is 22.5. The molecule has 2 bridgehead atoms. The lowest BCUT2D eigenvalue weighted by Crippen LogP contribution is -2.57. The Morgan fingerprint density at radius 1 is 0.904 bits per heavy atom. The maximum absolute atomic E-state index is 18.0. The Morgan fingerprint density at radius 3 is 2.10 bits per heavy atom. The Hall–Kier alpha value is -6.32. The molecular weight excluding hydrogens is 947 g/mol. The first-order valence-electron chi connectivity index (χ1n) is 25.0. The van der Waals surface area contributed by atoms with Crippen molar-refractivity contribution in [1.82, 2.24) is 24.7 Å². The lowest BCUT2D eigenvalue weighted by atomic mass is 9.90. The van der Waals surface area contributed by atoms with E-state index in [1.807, 2.05) is 49.9 Å². The Morgan fingerprint density at radius 2 is 1.53 bits per heavy atom. The molecule has 6 heterocycles. The molecule has 3 unspecified atom stereocenters. The van der Waals surface area contributed by atoms with Gasteiger partial charge in [0.15, 0.2) is 5.82 Å². The number of amides is 2. The van der Waals surface area contributed by atoms with Crippen LogP contribution in [0.4, 0.5) is 33.9 Å². The number of anilines is 2. The van der Waals surface area contributed by atoms with Gasteiger partial charge in [-0.2, -0.15) is 23.1 Å². The summed E-state index contributed by atoms with van der Waals surface area (Å²) in [6, 6.07) is 14.9. The van der Waals surface area contributed by atoms with Crippen LogP contribution in [0.15, 0.2) is 54.6 Å². The van der Waals surface area contributed by atoms with Crippen LogP contribution >= 0.6 is 0 Å². The van der Waals surface area contributed by atoms with Gasteiger partial charge in [0.25, 0.3) is 0 Å². The molecule has 1 aromatic heterocycles. The third-order valence-electron chi connectivity index (χ3n) is 14.9. The molecule has 4 saturated heterocycles. The molecule has 5 aliphatic rings. The van der Waals surface area contributed by atoms with Gasteiger partial charge in [0.2, 0.25) is 5.91 Å². The lowest BCUT2D eigenvalue weighted by molar-refractivity contribution is -0.140. The number of likely N-dealkylation sites (N-methyl/N-ethyl adjacent to an activating group) is 1. The highest BCUT2D eigenvalue weighted by Crippen LogP contribution is 2.48. The molecule has 390 valence electrons. The van der Waals surface area contributed by atoms with E-state index in [1.54, 1.807) is 62.4 Å². The number of benzene rings is 3. The molecule has 0 spiro atoms. The number of hydrogen-bond donors (Lipinski definition) is 0. The maximum Gasteiger partial charge on any atom is 0.418 e. The average Bonchev–Trinajstić information content (AvgIpc) is 4.01. The highest BCUT2D eigenvalue weighted by molar-refractivity contribution is 5.82. The van der Waals surface area contributed by atoms with E-state index in [-0.39, 0.29) is 80.1 Å². The standard InChI is InChI=1S/C55H65F4N7O7/c1-9-11-36-26-44(63(28-34-12-18-39(69-7)19-13-34)29-35-14-20-40(70-8)21-15-35)48(56)46(47(36)55(57,58)59)45-27-42-41(32-71-45)49(64-30-37-16-17-38(31-64)66(37)52(68)73-53(2,3)4)61-51(60-42)72-33-54-23-10-25-65(54)43(22-24-54)50(67)62(5)6/h12-15,18-21,26,37-38,43,45H,10,16-17,22-25,27-33H2,1-8H3/t37?,38?,43-,45-,54?/m0/s1. The van der Waals surface area contributed by atoms with Gasteiger partial charge in [-0.05, 0) is 114 Å². The van der Waals surface area contributed by atoms with Crippen LogP contribution in [0.2, 0.25) is 0 Å². The van der Waals surface area contributed by atoms with Crippen LogP contribution in [-0.2, 0) is 46.6 Å². The van der Waals surface area contributed by atoms with E-state index in [9.17, 15) is 9.59 Å². The van der Waals surface area contributed by atoms with Gasteiger partial charge in [-0.15, -0.1) is 5.92 Å². The highest BCUT2D eigenvalue weighted by Gasteiger charge is 2.53. The third-order valence-corrected chi connectivity index (χ3v) is 14.9. The Bertz CT molecular complexity index is 2690. The summed E-state index contributed by atoms with van der Waals surface area (Å²) < 4.78 is 94.7. The van der Waals surface area contributed by atoms with Gasteiger partial charge in [0.05, 0.1) is 67.5 Å². The SMILES string of the molecule is CC#Cc1cc(N(Cc2ccc(OC)cc2)Cc2ccc(OC)cc2)c(F)c([C@@H]2Cc3nc(OCC45CCCN4[C@H](C(=O)N(C)C)CC5)nc(N4CC5CCC(C4)N5C(=O)OC(C)(C)C)c3CO2)c1C(F)(F)F. The average molecular weight is 1010 g/mol. The number of halogens is 4. The van der Waals surface area contributed by atoms with E-state index in [0.29, 0.717) is 48.1 Å². The second-order valence-corrected chi connectivity index (χ2v) is 21.0. The van der Waals surface area contributed by atoms with Crippen molar-refractivity contribution in [2.24, 2.45) is 0 Å². The molecule has 5 atom stereocenters. The Labute approximate surface area is 424 Å². The van der Waals surface area contributed by atoms with Crippen molar-refractivity contribution in [3.63, 3.8) is 0 Å². The van der Waals surface area contributed by atoms with Crippen molar-refractivity contribution < 1.29 is 50.8 Å². The summed E-state index contributed by atoms with van der Waals surface area (Å²) in [6.45, 7) is 8.68. The summed E-state index contributed by atoms with van der Waals surface area (Å²) in [4.78, 5) is 46.2. The number of hydrogen-bond acceptors (Lipinski definition) is 12. The smallest absolute Gasteiger partial charge is 0.418 e. The number of rotatable bonds is 13. The van der Waals surface area contributed by atoms with Crippen molar-refractivity contribution in [2.75, 3.05) is 64.4 Å². The van der Waals surface area contributed by atoms with Crippen LogP contribution in [0, 0.1) is 17.7 Å². The monoisotopic (exact) mass is 1010 g/mol. The largest absolute Gasteiger partial charge is 0.497 e. The predicted octanol–water partition coefficient (Wildman–Crippen LogP) is 9.10. The van der Waals surface area contributed by atoms with E-state index in [2.05, 4.69) is 21.6 Å². The fourth-order valence-electron chi connectivity index (χ4n) is 11.6. The molecule has 14 nitrogen and oxygen atoms in total. The number of piperazine rings is 1. The van der Waals surface area contributed by atoms with E-state index in [1.165, 1.54) is 13.0 Å². The summed E-state index contributed by atoms with van der Waals surface area (Å²) in [5.41, 5.74) is -1.06. The number of ether oxygens (including phenoxy) is 5. The van der Waals surface area contributed by atoms with E-state index in [0.717, 1.165) is 49.8 Å². The summed E-state index contributed by atoms with van der Waals surface area (Å²) in [6.07, 6.45) is -2.55. The minimum absolute atomic E-state index is 0.0212. The minimum Gasteiger partial charge on any atom is -0.497 e. The summed E-state index contributed by atoms with van der Waals surface area (Å²) in [5.74, 6) is 5.98. The molecule has 3 aromatic carbocycles. The molecule has 73 heavy (non-hydrogen) atoms. The van der Waals surface area contributed by atoms with E-state index >= 15 is 17.6 Å². The van der Waals surface area contributed by atoms with Gasteiger partial charge in [-0.1, -0.05) is 30.2 Å². The second-order valence-electron chi connectivity index (χ2n) is 21.0. The van der Waals surface area contributed by atoms with Gasteiger partial charge >= 0.3 is 18.3 Å². The zero-order valence-electron chi connectivity index (χ0n) is 42.9. The molecule has 4 aromatic rings. The van der Waals surface area contributed by atoms with Gasteiger partial charge < -0.3 is 38.4 Å². The van der Waals surface area contributed by atoms with Crippen LogP contribution in [0.3, 0.4) is 0 Å². The van der Waals surface area contributed by atoms with Crippen molar-refractivity contribution in [1.29, 1.82) is 0 Å². The van der Waals surface area contributed by atoms with Crippen LogP contribution < -0.4 is 24.0 Å². The van der Waals surface area contributed by atoms with Gasteiger partial charge in [-0.3, -0.25) is 14.6 Å². The molecule has 9 rings (SSSR count). The molecule has 4 fully saturated rings. The molecule has 5 aliphatic heterocycles. The zero-order valence-corrected chi connectivity index (χ0v) is 42.9. The second kappa shape index (κ2) is 20.5. The number of aromatic nitrogens is 2. The Kier molecular flexibility index (Phi) is 14.5. The minimum atomic E-state index is -5.04. The quantitative estimate of drug-likeness (QED) is 0.0939. The van der Waals surface area contributed by atoms with Crippen molar-refractivity contribution in [3.8, 4) is 29.4 Å². The number of carbonyl (C=O) groups is 2. The molecule has 0 aliphatic carbocycles. The first kappa shape index (κ1) is 51.6. The first-order valence-corrected chi connectivity index (χ1v) is 25.0. The molecule has 18 heteroatoms. The van der Waals surface area contributed by atoms with Crippen molar-refractivity contribution in [2.45, 2.75) is 134 Å². The van der Waals surface area contributed by atoms with Crippen molar-refractivity contribution >= 4 is 23.5 Å². The summed E-state index contributed by atoms with van der Waals surface area (Å²) >= 11 is 0. The van der Waals surface area contributed by atoms with Crippen LogP contribution in [0.25, 0.3) is 0 Å². The molecule has 2 amide bonds. The predicted molar refractivity (Wildman–Crippen MR) is 266 cm³/mol. The van der Waals surface area contributed by atoms with Crippen LogP contribution in [0.5, 0.6) is 17.5 Å². The van der Waals surface area contributed by atoms with Crippen LogP contribution in [0.1, 0.15) is 111 Å². The van der Waals surface area contributed by atoms with E-state index in [4.69, 9.17) is 33.7 Å². The number of alkyl halides is 3. The fraction of sp³-hybridized carbons (Fsp3) is 0.527. The summed E-state index contributed by atoms with van der Waals surface area (Å²) in [7, 11) is 6.62. The summed E-state index contributed by atoms with van der Waals surface area (Å²) in [5, 5.41) is 0. The highest BCUT2D eigenvalue weighted by atomic mass is 19.4. The van der Waals surface area contributed by atoms with Gasteiger partial charge in [-0.25, -0.2) is 9.18 Å². The Balaban J connectivity index is 1.12. The number of nitrogens with zero attached hydrogens (tertiary/aromatic N) is 7. The topological polar surface area (TPSA) is 122 Å². The fourth-order valence-corrected chi connectivity index (χ4v) is 11.6. The molecule has 0 radical (unpaired) electrons. The number of methoxy groups -OCH3 is 2. The molecular formula is C55H65F4N7O7. The third kappa shape index (κ3) is 10.6. The van der Waals surface area contributed by atoms with Gasteiger partial charge in [0, 0.05) is 63.4 Å². The number of fused-ring (bicyclic) bond motifs is 4.